The lowest BCUT2D eigenvalue weighted by Gasteiger charge is -2.08. The number of hydrogen-bond donors (Lipinski definition) is 3. The number of amides is 1. The minimum atomic E-state index is 0.129. The standard InChI is InChI=1S/C9H14N4O/c14-9(7-1-2-10-3-7)12-5-8-4-11-6-13-8/h4,6-7,10H,1-3,5H2,(H,11,13)(H,12,14). The van der Waals surface area contributed by atoms with Crippen molar-refractivity contribution in [3.63, 3.8) is 0 Å². The summed E-state index contributed by atoms with van der Waals surface area (Å²) in [5.41, 5.74) is 0.935. The lowest BCUT2D eigenvalue weighted by Crippen LogP contribution is -2.31. The molecule has 0 aromatic carbocycles. The smallest absolute Gasteiger partial charge is 0.224 e. The molecule has 1 aromatic rings. The van der Waals surface area contributed by atoms with Crippen LogP contribution in [0.3, 0.4) is 0 Å². The Labute approximate surface area is 82.3 Å². The number of nitrogens with one attached hydrogen (secondary N) is 3. The first kappa shape index (κ1) is 9.21. The summed E-state index contributed by atoms with van der Waals surface area (Å²) in [6, 6.07) is 0. The normalized spacial score (nSPS) is 21.0. The summed E-state index contributed by atoms with van der Waals surface area (Å²) in [5.74, 6) is 0.266. The van der Waals surface area contributed by atoms with Crippen molar-refractivity contribution in [2.75, 3.05) is 13.1 Å². The second-order valence-electron chi connectivity index (χ2n) is 3.48. The Hall–Kier alpha value is -1.36. The number of rotatable bonds is 3. The van der Waals surface area contributed by atoms with Crippen molar-refractivity contribution >= 4 is 5.91 Å². The maximum Gasteiger partial charge on any atom is 0.224 e. The lowest BCUT2D eigenvalue weighted by atomic mass is 10.1. The molecule has 2 rings (SSSR count). The fourth-order valence-corrected chi connectivity index (χ4v) is 1.59. The van der Waals surface area contributed by atoms with Gasteiger partial charge in [-0.15, -0.1) is 0 Å². The molecule has 1 aliphatic rings. The van der Waals surface area contributed by atoms with Crippen LogP contribution in [0, 0.1) is 5.92 Å². The van der Waals surface area contributed by atoms with Crippen molar-refractivity contribution in [2.24, 2.45) is 5.92 Å². The molecule has 1 atom stereocenters. The van der Waals surface area contributed by atoms with Gasteiger partial charge in [-0.2, -0.15) is 0 Å². The number of hydrogen-bond acceptors (Lipinski definition) is 3. The molecule has 1 saturated heterocycles. The molecule has 5 nitrogen and oxygen atoms in total. The van der Waals surface area contributed by atoms with Crippen LogP contribution in [-0.4, -0.2) is 29.0 Å². The van der Waals surface area contributed by atoms with E-state index in [9.17, 15) is 4.79 Å². The zero-order valence-corrected chi connectivity index (χ0v) is 7.92. The van der Waals surface area contributed by atoms with Crippen LogP contribution in [0.4, 0.5) is 0 Å². The molecule has 1 aromatic heterocycles. The number of carbonyl (C=O) groups excluding carboxylic acids is 1. The predicted octanol–water partition coefficient (Wildman–Crippen LogP) is -0.365. The maximum absolute atomic E-state index is 11.6. The Kier molecular flexibility index (Phi) is 2.78. The zero-order chi connectivity index (χ0) is 9.80. The fourth-order valence-electron chi connectivity index (χ4n) is 1.59. The summed E-state index contributed by atoms with van der Waals surface area (Å²) in [7, 11) is 0. The van der Waals surface area contributed by atoms with Gasteiger partial charge in [0.15, 0.2) is 0 Å². The van der Waals surface area contributed by atoms with Crippen LogP contribution >= 0.6 is 0 Å². The highest BCUT2D eigenvalue weighted by molar-refractivity contribution is 5.79. The molecule has 0 radical (unpaired) electrons. The number of H-pyrrole nitrogens is 1. The highest BCUT2D eigenvalue weighted by Crippen LogP contribution is 2.07. The van der Waals surface area contributed by atoms with E-state index >= 15 is 0 Å². The van der Waals surface area contributed by atoms with E-state index in [1.165, 1.54) is 0 Å². The summed E-state index contributed by atoms with van der Waals surface area (Å²) in [4.78, 5) is 18.4. The minimum absolute atomic E-state index is 0.129. The van der Waals surface area contributed by atoms with Crippen molar-refractivity contribution < 1.29 is 4.79 Å². The predicted molar refractivity (Wildman–Crippen MR) is 51.4 cm³/mol. The van der Waals surface area contributed by atoms with Gasteiger partial charge in [0.2, 0.25) is 5.91 Å². The van der Waals surface area contributed by atoms with Gasteiger partial charge < -0.3 is 15.6 Å². The summed E-state index contributed by atoms with van der Waals surface area (Å²) in [6.45, 7) is 2.28. The average Bonchev–Trinajstić information content (AvgIpc) is 2.87. The molecular formula is C9H14N4O. The fraction of sp³-hybridized carbons (Fsp3) is 0.556. The minimum Gasteiger partial charge on any atom is -0.350 e. The third kappa shape index (κ3) is 2.11. The Balaban J connectivity index is 1.77. The SMILES string of the molecule is O=C(NCc1cnc[nH]1)C1CCNC1. The van der Waals surface area contributed by atoms with Crippen LogP contribution < -0.4 is 10.6 Å². The van der Waals surface area contributed by atoms with Crippen molar-refractivity contribution in [1.82, 2.24) is 20.6 Å². The third-order valence-electron chi connectivity index (χ3n) is 2.44. The van der Waals surface area contributed by atoms with Gasteiger partial charge in [-0.3, -0.25) is 4.79 Å². The van der Waals surface area contributed by atoms with Gasteiger partial charge in [0.05, 0.1) is 24.5 Å². The number of imidazole rings is 1. The molecule has 0 aliphatic carbocycles. The van der Waals surface area contributed by atoms with Gasteiger partial charge in [-0.25, -0.2) is 4.98 Å². The van der Waals surface area contributed by atoms with Crippen LogP contribution in [0.25, 0.3) is 0 Å². The van der Waals surface area contributed by atoms with E-state index in [4.69, 9.17) is 0 Å². The van der Waals surface area contributed by atoms with E-state index < -0.39 is 0 Å². The van der Waals surface area contributed by atoms with Crippen LogP contribution in [0.2, 0.25) is 0 Å². The van der Waals surface area contributed by atoms with Gasteiger partial charge in [0, 0.05) is 12.7 Å². The molecule has 0 bridgehead atoms. The van der Waals surface area contributed by atoms with E-state index in [1.807, 2.05) is 0 Å². The first-order valence-electron chi connectivity index (χ1n) is 4.82. The van der Waals surface area contributed by atoms with Crippen molar-refractivity contribution in [3.05, 3.63) is 18.2 Å². The molecular weight excluding hydrogens is 180 g/mol. The Morgan fingerprint density at radius 3 is 3.29 bits per heavy atom. The van der Waals surface area contributed by atoms with Crippen molar-refractivity contribution in [1.29, 1.82) is 0 Å². The third-order valence-corrected chi connectivity index (χ3v) is 2.44. The first-order chi connectivity index (χ1) is 6.86. The van der Waals surface area contributed by atoms with E-state index in [2.05, 4.69) is 20.6 Å². The quantitative estimate of drug-likeness (QED) is 0.615. The summed E-state index contributed by atoms with van der Waals surface area (Å²) in [5, 5.41) is 6.04. The summed E-state index contributed by atoms with van der Waals surface area (Å²) >= 11 is 0. The van der Waals surface area contributed by atoms with Crippen LogP contribution in [-0.2, 0) is 11.3 Å². The molecule has 3 N–H and O–H groups in total. The molecule has 2 heterocycles. The maximum atomic E-state index is 11.6. The number of nitrogens with zero attached hydrogens (tertiary/aromatic N) is 1. The van der Waals surface area contributed by atoms with Gasteiger partial charge >= 0.3 is 0 Å². The Morgan fingerprint density at radius 1 is 1.71 bits per heavy atom. The van der Waals surface area contributed by atoms with Crippen LogP contribution in [0.1, 0.15) is 12.1 Å². The molecule has 0 spiro atoms. The first-order valence-corrected chi connectivity index (χ1v) is 4.82. The number of aromatic amines is 1. The summed E-state index contributed by atoms with van der Waals surface area (Å²) in [6.07, 6.45) is 4.26. The molecule has 1 aliphatic heterocycles. The molecule has 0 saturated carbocycles. The Morgan fingerprint density at radius 2 is 2.64 bits per heavy atom. The lowest BCUT2D eigenvalue weighted by molar-refractivity contribution is -0.124. The second-order valence-corrected chi connectivity index (χ2v) is 3.48. The second kappa shape index (κ2) is 4.23. The molecule has 5 heteroatoms. The molecule has 1 fully saturated rings. The average molecular weight is 194 g/mol. The highest BCUT2D eigenvalue weighted by Gasteiger charge is 2.21. The van der Waals surface area contributed by atoms with E-state index in [0.29, 0.717) is 6.54 Å². The largest absolute Gasteiger partial charge is 0.350 e. The topological polar surface area (TPSA) is 69.8 Å². The highest BCUT2D eigenvalue weighted by atomic mass is 16.1. The van der Waals surface area contributed by atoms with Gasteiger partial charge in [0.1, 0.15) is 0 Å². The number of carbonyl (C=O) groups is 1. The van der Waals surface area contributed by atoms with Crippen LogP contribution in [0.15, 0.2) is 12.5 Å². The molecule has 14 heavy (non-hydrogen) atoms. The molecule has 1 amide bonds. The van der Waals surface area contributed by atoms with Crippen LogP contribution in [0.5, 0.6) is 0 Å². The van der Waals surface area contributed by atoms with E-state index in [1.54, 1.807) is 12.5 Å². The molecule has 76 valence electrons. The zero-order valence-electron chi connectivity index (χ0n) is 7.92. The van der Waals surface area contributed by atoms with E-state index in [-0.39, 0.29) is 11.8 Å². The number of aromatic nitrogens is 2. The van der Waals surface area contributed by atoms with Gasteiger partial charge in [0.25, 0.3) is 0 Å². The molecule has 1 unspecified atom stereocenters. The van der Waals surface area contributed by atoms with Crippen molar-refractivity contribution in [3.8, 4) is 0 Å². The van der Waals surface area contributed by atoms with Gasteiger partial charge in [-0.1, -0.05) is 0 Å². The van der Waals surface area contributed by atoms with Gasteiger partial charge in [-0.05, 0) is 13.0 Å². The van der Waals surface area contributed by atoms with E-state index in [0.717, 1.165) is 25.2 Å². The monoisotopic (exact) mass is 194 g/mol. The van der Waals surface area contributed by atoms with Crippen molar-refractivity contribution in [2.45, 2.75) is 13.0 Å². The summed E-state index contributed by atoms with van der Waals surface area (Å²) < 4.78 is 0. The Bertz CT molecular complexity index is 290.